The Labute approximate surface area is 169 Å². The van der Waals surface area contributed by atoms with Crippen molar-refractivity contribution in [1.29, 1.82) is 0 Å². The minimum Gasteiger partial charge on any atom is -0.459 e. The van der Waals surface area contributed by atoms with E-state index in [-0.39, 0.29) is 21.7 Å². The number of hydrogen-bond donors (Lipinski definition) is 1. The fraction of sp³-hybridized carbons (Fsp3) is 0.136. The molecule has 4 rings (SSSR count). The lowest BCUT2D eigenvalue weighted by Gasteiger charge is -2.06. The molecule has 2 heterocycles. The number of nitrogens with zero attached hydrogens (tertiary/aromatic N) is 1. The Kier molecular flexibility index (Phi) is 5.22. The van der Waals surface area contributed by atoms with E-state index in [9.17, 15) is 8.42 Å². The summed E-state index contributed by atoms with van der Waals surface area (Å²) >= 11 is 0. The van der Waals surface area contributed by atoms with Gasteiger partial charge in [0, 0.05) is 6.54 Å². The molecule has 0 amide bonds. The first-order valence-corrected chi connectivity index (χ1v) is 10.7. The second-order valence-electron chi connectivity index (χ2n) is 6.61. The number of rotatable bonds is 7. The Morgan fingerprint density at radius 1 is 0.966 bits per heavy atom. The second kappa shape index (κ2) is 7.97. The van der Waals surface area contributed by atoms with E-state index in [1.165, 1.54) is 6.26 Å². The van der Waals surface area contributed by atoms with E-state index in [0.29, 0.717) is 18.7 Å². The van der Waals surface area contributed by atoms with Gasteiger partial charge in [-0.15, -0.1) is 0 Å². The van der Waals surface area contributed by atoms with Crippen molar-refractivity contribution >= 4 is 15.7 Å². The van der Waals surface area contributed by atoms with Crippen LogP contribution in [0.15, 0.2) is 91.7 Å². The molecular weight excluding hydrogens is 388 g/mol. The molecule has 29 heavy (non-hydrogen) atoms. The molecule has 6 nitrogen and oxygen atoms in total. The molecular formula is C22H20N2O4S. The van der Waals surface area contributed by atoms with Gasteiger partial charge in [-0.2, -0.15) is 4.98 Å². The highest BCUT2D eigenvalue weighted by atomic mass is 32.2. The molecule has 0 aliphatic carbocycles. The lowest BCUT2D eigenvalue weighted by Crippen LogP contribution is -2.09. The molecule has 0 atom stereocenters. The van der Waals surface area contributed by atoms with Crippen molar-refractivity contribution < 1.29 is 17.3 Å². The maximum absolute atomic E-state index is 13.2. The minimum atomic E-state index is -3.86. The van der Waals surface area contributed by atoms with Gasteiger partial charge in [0.15, 0.2) is 5.76 Å². The Bertz CT molecular complexity index is 1180. The van der Waals surface area contributed by atoms with Crippen molar-refractivity contribution in [1.82, 2.24) is 4.98 Å². The standard InChI is InChI=1S/C22H20N2O4S/c1-16-9-11-18(12-10-16)29(25,26)22-21(23-14-13-17-6-3-2-4-7-17)28-20(24-22)19-8-5-15-27-19/h2-12,15,23H,13-14H2,1H3. The lowest BCUT2D eigenvalue weighted by molar-refractivity contribution is 0.522. The fourth-order valence-corrected chi connectivity index (χ4v) is 4.18. The highest BCUT2D eigenvalue weighted by molar-refractivity contribution is 7.91. The van der Waals surface area contributed by atoms with E-state index in [1.807, 2.05) is 37.3 Å². The van der Waals surface area contributed by atoms with Gasteiger partial charge in [-0.1, -0.05) is 48.0 Å². The topological polar surface area (TPSA) is 85.3 Å². The van der Waals surface area contributed by atoms with E-state index >= 15 is 0 Å². The molecule has 0 spiro atoms. The molecule has 0 aliphatic heterocycles. The third-order valence-electron chi connectivity index (χ3n) is 4.46. The molecule has 4 aromatic rings. The van der Waals surface area contributed by atoms with E-state index in [1.54, 1.807) is 36.4 Å². The predicted octanol–water partition coefficient (Wildman–Crippen LogP) is 4.73. The Morgan fingerprint density at radius 3 is 2.41 bits per heavy atom. The van der Waals surface area contributed by atoms with Crippen molar-refractivity contribution in [2.24, 2.45) is 0 Å². The first kappa shape index (κ1) is 19.0. The molecule has 0 saturated heterocycles. The van der Waals surface area contributed by atoms with E-state index in [2.05, 4.69) is 10.3 Å². The second-order valence-corrected chi connectivity index (χ2v) is 8.47. The zero-order valence-corrected chi connectivity index (χ0v) is 16.6. The molecule has 0 unspecified atom stereocenters. The van der Waals surface area contributed by atoms with Crippen LogP contribution in [0.2, 0.25) is 0 Å². The first-order chi connectivity index (χ1) is 14.0. The Balaban J connectivity index is 1.66. The van der Waals surface area contributed by atoms with Crippen LogP contribution >= 0.6 is 0 Å². The monoisotopic (exact) mass is 408 g/mol. The third-order valence-corrected chi connectivity index (χ3v) is 6.13. The van der Waals surface area contributed by atoms with Gasteiger partial charge in [-0.3, -0.25) is 0 Å². The molecule has 0 aliphatic rings. The van der Waals surface area contributed by atoms with Gasteiger partial charge in [0.2, 0.25) is 20.7 Å². The average molecular weight is 408 g/mol. The summed E-state index contributed by atoms with van der Waals surface area (Å²) in [6.07, 6.45) is 2.19. The summed E-state index contributed by atoms with van der Waals surface area (Å²) in [5, 5.41) is 2.93. The zero-order chi connectivity index (χ0) is 20.3. The number of oxazole rings is 1. The van der Waals surface area contributed by atoms with Crippen LogP contribution in [0.4, 0.5) is 5.88 Å². The maximum atomic E-state index is 13.2. The van der Waals surface area contributed by atoms with Crippen LogP contribution < -0.4 is 5.32 Å². The van der Waals surface area contributed by atoms with Crippen molar-refractivity contribution in [2.75, 3.05) is 11.9 Å². The van der Waals surface area contributed by atoms with Crippen LogP contribution in [0.25, 0.3) is 11.7 Å². The van der Waals surface area contributed by atoms with Gasteiger partial charge in [0.25, 0.3) is 5.89 Å². The van der Waals surface area contributed by atoms with Gasteiger partial charge in [-0.05, 0) is 43.2 Å². The highest BCUT2D eigenvalue weighted by Gasteiger charge is 2.29. The SMILES string of the molecule is Cc1ccc(S(=O)(=O)c2nc(-c3ccco3)oc2NCCc2ccccc2)cc1. The molecule has 7 heteroatoms. The number of anilines is 1. The average Bonchev–Trinajstić information content (AvgIpc) is 3.39. The lowest BCUT2D eigenvalue weighted by atomic mass is 10.1. The summed E-state index contributed by atoms with van der Waals surface area (Å²) in [6.45, 7) is 2.39. The van der Waals surface area contributed by atoms with Crippen LogP contribution in [0.1, 0.15) is 11.1 Å². The molecule has 148 valence electrons. The fourth-order valence-electron chi connectivity index (χ4n) is 2.90. The molecule has 0 saturated carbocycles. The van der Waals surface area contributed by atoms with Gasteiger partial charge in [0.1, 0.15) is 0 Å². The number of benzene rings is 2. The summed E-state index contributed by atoms with van der Waals surface area (Å²) in [4.78, 5) is 4.40. The summed E-state index contributed by atoms with van der Waals surface area (Å²) < 4.78 is 37.4. The van der Waals surface area contributed by atoms with E-state index in [0.717, 1.165) is 11.1 Å². The zero-order valence-electron chi connectivity index (χ0n) is 15.8. The number of sulfone groups is 1. The minimum absolute atomic E-state index is 0.105. The number of aromatic nitrogens is 1. The quantitative estimate of drug-likeness (QED) is 0.476. The highest BCUT2D eigenvalue weighted by Crippen LogP contribution is 2.32. The van der Waals surface area contributed by atoms with Crippen molar-refractivity contribution in [3.05, 3.63) is 84.1 Å². The van der Waals surface area contributed by atoms with Crippen LogP contribution in [0.5, 0.6) is 0 Å². The van der Waals surface area contributed by atoms with Gasteiger partial charge in [0.05, 0.1) is 11.2 Å². The third kappa shape index (κ3) is 4.09. The number of furan rings is 1. The first-order valence-electron chi connectivity index (χ1n) is 9.18. The van der Waals surface area contributed by atoms with Gasteiger partial charge >= 0.3 is 0 Å². The summed E-state index contributed by atoms with van der Waals surface area (Å²) in [5.41, 5.74) is 2.11. The van der Waals surface area contributed by atoms with Crippen molar-refractivity contribution in [3.63, 3.8) is 0 Å². The van der Waals surface area contributed by atoms with Crippen LogP contribution in [-0.2, 0) is 16.3 Å². The van der Waals surface area contributed by atoms with Crippen LogP contribution in [0.3, 0.4) is 0 Å². The van der Waals surface area contributed by atoms with Crippen LogP contribution in [-0.4, -0.2) is 19.9 Å². The number of aryl methyl sites for hydroxylation is 1. The summed E-state index contributed by atoms with van der Waals surface area (Å²) in [5.74, 6) is 0.581. The number of nitrogens with one attached hydrogen (secondary N) is 1. The van der Waals surface area contributed by atoms with Crippen molar-refractivity contribution in [2.45, 2.75) is 23.3 Å². The molecule has 0 radical (unpaired) electrons. The Hall–Kier alpha value is -3.32. The van der Waals surface area contributed by atoms with Crippen LogP contribution in [0, 0.1) is 6.92 Å². The maximum Gasteiger partial charge on any atom is 0.266 e. The number of hydrogen-bond acceptors (Lipinski definition) is 6. The largest absolute Gasteiger partial charge is 0.459 e. The van der Waals surface area contributed by atoms with E-state index in [4.69, 9.17) is 8.83 Å². The molecule has 2 aromatic carbocycles. The summed E-state index contributed by atoms with van der Waals surface area (Å²) in [6, 6.07) is 19.9. The molecule has 2 aromatic heterocycles. The molecule has 0 fully saturated rings. The Morgan fingerprint density at radius 2 is 1.72 bits per heavy atom. The molecule has 0 bridgehead atoms. The van der Waals surface area contributed by atoms with E-state index < -0.39 is 9.84 Å². The summed E-state index contributed by atoms with van der Waals surface area (Å²) in [7, 11) is -3.86. The van der Waals surface area contributed by atoms with Crippen molar-refractivity contribution in [3.8, 4) is 11.7 Å². The van der Waals surface area contributed by atoms with Gasteiger partial charge in [-0.25, -0.2) is 8.42 Å². The smallest absolute Gasteiger partial charge is 0.266 e. The normalized spacial score (nSPS) is 11.5. The van der Waals surface area contributed by atoms with Gasteiger partial charge < -0.3 is 14.2 Å². The molecule has 1 N–H and O–H groups in total. The predicted molar refractivity (Wildman–Crippen MR) is 109 cm³/mol.